The summed E-state index contributed by atoms with van der Waals surface area (Å²) in [5.74, 6) is -0.0254. The van der Waals surface area contributed by atoms with E-state index in [4.69, 9.17) is 0 Å². The van der Waals surface area contributed by atoms with E-state index in [1.54, 1.807) is 0 Å². The van der Waals surface area contributed by atoms with E-state index in [1.165, 1.54) is 6.42 Å². The fourth-order valence-electron chi connectivity index (χ4n) is 3.16. The summed E-state index contributed by atoms with van der Waals surface area (Å²) in [5, 5.41) is 11.6. The van der Waals surface area contributed by atoms with Crippen molar-refractivity contribution in [3.63, 3.8) is 0 Å². The maximum Gasteiger partial charge on any atom is 0.265 e. The molecule has 0 aromatic heterocycles. The van der Waals surface area contributed by atoms with Gasteiger partial charge in [-0.2, -0.15) is 0 Å². The summed E-state index contributed by atoms with van der Waals surface area (Å²) in [7, 11) is 0. The fourth-order valence-corrected chi connectivity index (χ4v) is 3.16. The standard InChI is InChI=1S/C17H25N3O2/c21-16-8-12-19(13-9-16)15-6-4-14(5-7-15)17(22)18-20-10-2-1-3-11-20/h4-7,16,21H,1-3,8-13H2,(H,18,22). The number of aliphatic hydroxyl groups excluding tert-OH is 1. The SMILES string of the molecule is O=C(NN1CCCCC1)c1ccc(N2CCC(O)CC2)cc1. The van der Waals surface area contributed by atoms with Gasteiger partial charge in [0.1, 0.15) is 0 Å². The molecular weight excluding hydrogens is 278 g/mol. The first-order valence-electron chi connectivity index (χ1n) is 8.31. The molecule has 2 N–H and O–H groups in total. The highest BCUT2D eigenvalue weighted by Crippen LogP contribution is 2.20. The molecule has 0 radical (unpaired) electrons. The molecular formula is C17H25N3O2. The third-order valence-corrected chi connectivity index (χ3v) is 4.57. The van der Waals surface area contributed by atoms with Gasteiger partial charge < -0.3 is 10.0 Å². The van der Waals surface area contributed by atoms with Crippen molar-refractivity contribution in [2.45, 2.75) is 38.2 Å². The number of aliphatic hydroxyl groups is 1. The van der Waals surface area contributed by atoms with Crippen molar-refractivity contribution in [1.82, 2.24) is 10.4 Å². The Labute approximate surface area is 131 Å². The van der Waals surface area contributed by atoms with Crippen LogP contribution in [-0.2, 0) is 0 Å². The van der Waals surface area contributed by atoms with Crippen LogP contribution in [0.25, 0.3) is 0 Å². The zero-order chi connectivity index (χ0) is 15.4. The predicted molar refractivity (Wildman–Crippen MR) is 86.8 cm³/mol. The van der Waals surface area contributed by atoms with Crippen molar-refractivity contribution in [2.24, 2.45) is 0 Å². The number of nitrogens with one attached hydrogen (secondary N) is 1. The summed E-state index contributed by atoms with van der Waals surface area (Å²) in [6.07, 6.45) is 5.03. The molecule has 5 nitrogen and oxygen atoms in total. The minimum Gasteiger partial charge on any atom is -0.393 e. The second-order valence-corrected chi connectivity index (χ2v) is 6.25. The molecule has 120 valence electrons. The number of anilines is 1. The Morgan fingerprint density at radius 2 is 1.64 bits per heavy atom. The summed E-state index contributed by atoms with van der Waals surface area (Å²) < 4.78 is 0. The monoisotopic (exact) mass is 303 g/mol. The number of benzene rings is 1. The van der Waals surface area contributed by atoms with Crippen LogP contribution in [0.2, 0.25) is 0 Å². The van der Waals surface area contributed by atoms with Gasteiger partial charge in [0.25, 0.3) is 5.91 Å². The quantitative estimate of drug-likeness (QED) is 0.894. The number of nitrogens with zero attached hydrogens (tertiary/aromatic N) is 2. The first kappa shape index (κ1) is 15.3. The van der Waals surface area contributed by atoms with E-state index in [2.05, 4.69) is 10.3 Å². The lowest BCUT2D eigenvalue weighted by Gasteiger charge is -2.31. The molecule has 5 heteroatoms. The minimum absolute atomic E-state index is 0.0254. The highest BCUT2D eigenvalue weighted by Gasteiger charge is 2.18. The second kappa shape index (κ2) is 7.11. The molecule has 0 unspecified atom stereocenters. The Balaban J connectivity index is 1.57. The zero-order valence-electron chi connectivity index (χ0n) is 13.0. The van der Waals surface area contributed by atoms with E-state index in [0.29, 0.717) is 5.56 Å². The van der Waals surface area contributed by atoms with Gasteiger partial charge >= 0.3 is 0 Å². The van der Waals surface area contributed by atoms with Gasteiger partial charge in [-0.05, 0) is 49.9 Å². The molecule has 2 aliphatic heterocycles. The average Bonchev–Trinajstić information content (AvgIpc) is 2.57. The first-order chi connectivity index (χ1) is 10.7. The molecule has 1 amide bonds. The van der Waals surface area contributed by atoms with E-state index in [9.17, 15) is 9.90 Å². The maximum atomic E-state index is 12.2. The largest absolute Gasteiger partial charge is 0.393 e. The molecule has 2 fully saturated rings. The number of hydrogen-bond donors (Lipinski definition) is 2. The van der Waals surface area contributed by atoms with Crippen LogP contribution in [0.4, 0.5) is 5.69 Å². The molecule has 3 rings (SSSR count). The van der Waals surface area contributed by atoms with Gasteiger partial charge in [0.15, 0.2) is 0 Å². The van der Waals surface area contributed by atoms with Crippen molar-refractivity contribution >= 4 is 11.6 Å². The second-order valence-electron chi connectivity index (χ2n) is 6.25. The van der Waals surface area contributed by atoms with Crippen molar-refractivity contribution in [3.8, 4) is 0 Å². The molecule has 0 spiro atoms. The third-order valence-electron chi connectivity index (χ3n) is 4.57. The predicted octanol–water partition coefficient (Wildman–Crippen LogP) is 1.78. The third kappa shape index (κ3) is 3.78. The van der Waals surface area contributed by atoms with E-state index in [-0.39, 0.29) is 12.0 Å². The van der Waals surface area contributed by atoms with Gasteiger partial charge in [0.2, 0.25) is 0 Å². The molecule has 2 saturated heterocycles. The van der Waals surface area contributed by atoms with Crippen LogP contribution in [-0.4, -0.2) is 48.3 Å². The number of piperidine rings is 2. The van der Waals surface area contributed by atoms with Gasteiger partial charge in [-0.15, -0.1) is 0 Å². The number of carbonyl (C=O) groups is 1. The lowest BCUT2D eigenvalue weighted by molar-refractivity contribution is 0.0750. The van der Waals surface area contributed by atoms with Crippen LogP contribution in [0.5, 0.6) is 0 Å². The van der Waals surface area contributed by atoms with Gasteiger partial charge in [0, 0.05) is 37.4 Å². The lowest BCUT2D eigenvalue weighted by atomic mass is 10.1. The van der Waals surface area contributed by atoms with Crippen molar-refractivity contribution in [1.29, 1.82) is 0 Å². The van der Waals surface area contributed by atoms with Crippen molar-refractivity contribution in [3.05, 3.63) is 29.8 Å². The molecule has 2 heterocycles. The van der Waals surface area contributed by atoms with Gasteiger partial charge in [-0.25, -0.2) is 5.01 Å². The van der Waals surface area contributed by atoms with Gasteiger partial charge in [-0.1, -0.05) is 6.42 Å². The molecule has 22 heavy (non-hydrogen) atoms. The first-order valence-corrected chi connectivity index (χ1v) is 8.31. The number of carbonyl (C=O) groups excluding carboxylic acids is 1. The minimum atomic E-state index is -0.161. The van der Waals surface area contributed by atoms with Crippen LogP contribution < -0.4 is 10.3 Å². The highest BCUT2D eigenvalue weighted by atomic mass is 16.3. The van der Waals surface area contributed by atoms with Gasteiger partial charge in [0.05, 0.1) is 6.10 Å². The van der Waals surface area contributed by atoms with E-state index >= 15 is 0 Å². The van der Waals surface area contributed by atoms with E-state index in [0.717, 1.165) is 57.5 Å². The van der Waals surface area contributed by atoms with Crippen LogP contribution in [0.3, 0.4) is 0 Å². The van der Waals surface area contributed by atoms with Crippen LogP contribution >= 0.6 is 0 Å². The molecule has 0 aliphatic carbocycles. The summed E-state index contributed by atoms with van der Waals surface area (Å²) >= 11 is 0. The van der Waals surface area contributed by atoms with Crippen LogP contribution in [0, 0.1) is 0 Å². The Hall–Kier alpha value is -1.59. The maximum absolute atomic E-state index is 12.2. The number of hydrazine groups is 1. The van der Waals surface area contributed by atoms with E-state index < -0.39 is 0 Å². The van der Waals surface area contributed by atoms with Crippen LogP contribution in [0.15, 0.2) is 24.3 Å². The van der Waals surface area contributed by atoms with Gasteiger partial charge in [-0.3, -0.25) is 10.2 Å². The van der Waals surface area contributed by atoms with Crippen LogP contribution in [0.1, 0.15) is 42.5 Å². The molecule has 2 aliphatic rings. The normalized spacial score (nSPS) is 20.9. The Kier molecular flexibility index (Phi) is 4.95. The topological polar surface area (TPSA) is 55.8 Å². The molecule has 0 bridgehead atoms. The fraction of sp³-hybridized carbons (Fsp3) is 0.588. The Bertz CT molecular complexity index is 489. The number of amides is 1. The molecule has 1 aromatic carbocycles. The molecule has 0 saturated carbocycles. The number of rotatable bonds is 3. The Morgan fingerprint density at radius 3 is 2.27 bits per heavy atom. The zero-order valence-corrected chi connectivity index (χ0v) is 13.0. The smallest absolute Gasteiger partial charge is 0.265 e. The summed E-state index contributed by atoms with van der Waals surface area (Å²) in [4.78, 5) is 14.5. The summed E-state index contributed by atoms with van der Waals surface area (Å²) in [6.45, 7) is 3.64. The van der Waals surface area contributed by atoms with Crippen molar-refractivity contribution < 1.29 is 9.90 Å². The molecule has 1 aromatic rings. The number of hydrogen-bond acceptors (Lipinski definition) is 4. The lowest BCUT2D eigenvalue weighted by Crippen LogP contribution is -2.45. The van der Waals surface area contributed by atoms with Crippen molar-refractivity contribution in [2.75, 3.05) is 31.1 Å². The average molecular weight is 303 g/mol. The Morgan fingerprint density at radius 1 is 1.00 bits per heavy atom. The summed E-state index contributed by atoms with van der Waals surface area (Å²) in [5.41, 5.74) is 4.81. The highest BCUT2D eigenvalue weighted by molar-refractivity contribution is 5.94. The van der Waals surface area contributed by atoms with E-state index in [1.807, 2.05) is 29.3 Å². The molecule has 0 atom stereocenters. The summed E-state index contributed by atoms with van der Waals surface area (Å²) in [6, 6.07) is 7.78.